The molecule has 3 aromatic rings. The molecule has 0 saturated heterocycles. The average Bonchev–Trinajstić information content (AvgIpc) is 3.10. The van der Waals surface area contributed by atoms with Gasteiger partial charge in [-0.2, -0.15) is 0 Å². The van der Waals surface area contributed by atoms with E-state index < -0.39 is 0 Å². The van der Waals surface area contributed by atoms with Crippen LogP contribution in [0.5, 0.6) is 0 Å². The third-order valence-electron chi connectivity index (χ3n) is 4.67. The number of hydrogen-bond acceptors (Lipinski definition) is 3. The van der Waals surface area contributed by atoms with Gasteiger partial charge in [-0.3, -0.25) is 10.1 Å². The fourth-order valence-electron chi connectivity index (χ4n) is 3.20. The van der Waals surface area contributed by atoms with Crippen LogP contribution in [0, 0.1) is 0 Å². The number of nitrogens with one attached hydrogen (secondary N) is 2. The number of carbonyl (C=O) groups excluding carboxylic acids is 1. The summed E-state index contributed by atoms with van der Waals surface area (Å²) in [6.45, 7) is 1.08. The topological polar surface area (TPSA) is 83.0 Å². The first-order chi connectivity index (χ1) is 12.6. The normalized spacial score (nSPS) is 14.3. The quantitative estimate of drug-likeness (QED) is 0.746. The number of carbonyl (C=O) groups is 1. The molecule has 26 heavy (non-hydrogen) atoms. The predicted molar refractivity (Wildman–Crippen MR) is 101 cm³/mol. The maximum Gasteiger partial charge on any atom is 0.323 e. The first kappa shape index (κ1) is 16.1. The van der Waals surface area contributed by atoms with E-state index in [9.17, 15) is 9.59 Å². The lowest BCUT2D eigenvalue weighted by atomic mass is 9.99. The lowest BCUT2D eigenvalue weighted by molar-refractivity contribution is 0.217. The van der Waals surface area contributed by atoms with Crippen molar-refractivity contribution in [3.8, 4) is 0 Å². The first-order valence-electron chi connectivity index (χ1n) is 8.46. The number of para-hydroxylation sites is 1. The third kappa shape index (κ3) is 2.88. The van der Waals surface area contributed by atoms with Gasteiger partial charge in [-0.05, 0) is 18.1 Å². The Morgan fingerprint density at radius 2 is 2.15 bits per heavy atom. The van der Waals surface area contributed by atoms with Crippen LogP contribution < -0.4 is 10.9 Å². The molecule has 1 aromatic carbocycles. The molecule has 132 valence electrons. The van der Waals surface area contributed by atoms with Gasteiger partial charge in [0.05, 0.1) is 0 Å². The van der Waals surface area contributed by atoms with Crippen molar-refractivity contribution in [1.29, 1.82) is 0 Å². The fourth-order valence-corrected chi connectivity index (χ4v) is 3.20. The van der Waals surface area contributed by atoms with Crippen LogP contribution in [0.4, 0.5) is 10.6 Å². The molecular formula is C19H19N5O2. The number of H-pyrrole nitrogens is 1. The number of aromatic amines is 1. The Balaban J connectivity index is 1.49. The maximum absolute atomic E-state index is 12.4. The number of fused-ring (bicyclic) bond motifs is 1. The summed E-state index contributed by atoms with van der Waals surface area (Å²) in [7, 11) is 1.62. The molecule has 0 aliphatic carbocycles. The number of anilines is 1. The molecule has 7 nitrogen and oxygen atoms in total. The van der Waals surface area contributed by atoms with E-state index >= 15 is 0 Å². The van der Waals surface area contributed by atoms with Crippen LogP contribution in [0.2, 0.25) is 0 Å². The van der Waals surface area contributed by atoms with Gasteiger partial charge in [-0.15, -0.1) is 0 Å². The largest absolute Gasteiger partial charge is 0.361 e. The summed E-state index contributed by atoms with van der Waals surface area (Å²) < 4.78 is 1.38. The maximum atomic E-state index is 12.4. The molecule has 0 fully saturated rings. The molecule has 0 spiro atoms. The van der Waals surface area contributed by atoms with Crippen molar-refractivity contribution in [3.05, 3.63) is 64.8 Å². The molecule has 1 aliphatic rings. The Kier molecular flexibility index (Phi) is 4.04. The number of nitrogens with zero attached hydrogens (tertiary/aromatic N) is 3. The zero-order chi connectivity index (χ0) is 18.1. The Morgan fingerprint density at radius 3 is 2.96 bits per heavy atom. The van der Waals surface area contributed by atoms with Gasteiger partial charge in [-0.1, -0.05) is 24.3 Å². The number of aromatic nitrogens is 3. The molecule has 0 atom stereocenters. The van der Waals surface area contributed by atoms with Gasteiger partial charge >= 0.3 is 6.03 Å². The van der Waals surface area contributed by atoms with Gasteiger partial charge in [0.15, 0.2) is 0 Å². The molecule has 0 unspecified atom stereocenters. The zero-order valence-electron chi connectivity index (χ0n) is 14.4. The lowest BCUT2D eigenvalue weighted by Gasteiger charge is -2.26. The van der Waals surface area contributed by atoms with E-state index in [1.165, 1.54) is 27.3 Å². The van der Waals surface area contributed by atoms with Crippen molar-refractivity contribution in [2.75, 3.05) is 18.4 Å². The number of rotatable bonds is 2. The molecule has 4 rings (SSSR count). The lowest BCUT2D eigenvalue weighted by Crippen LogP contribution is -2.39. The highest BCUT2D eigenvalue weighted by molar-refractivity contribution is 5.93. The van der Waals surface area contributed by atoms with E-state index in [1.54, 1.807) is 18.1 Å². The first-order valence-corrected chi connectivity index (χ1v) is 8.46. The van der Waals surface area contributed by atoms with Gasteiger partial charge in [0, 0.05) is 55.2 Å². The smallest absolute Gasteiger partial charge is 0.323 e. The molecule has 3 heterocycles. The van der Waals surface area contributed by atoms with Crippen LogP contribution in [0.1, 0.15) is 12.0 Å². The molecule has 2 N–H and O–H groups in total. The molecule has 7 heteroatoms. The second kappa shape index (κ2) is 6.51. The number of benzene rings is 1. The minimum Gasteiger partial charge on any atom is -0.361 e. The molecular weight excluding hydrogens is 330 g/mol. The van der Waals surface area contributed by atoms with Gasteiger partial charge < -0.3 is 14.5 Å². The van der Waals surface area contributed by atoms with Crippen molar-refractivity contribution in [1.82, 2.24) is 19.4 Å². The molecule has 2 amide bonds. The Hall–Kier alpha value is -3.35. The Bertz CT molecular complexity index is 1060. The number of hydrogen-bond donors (Lipinski definition) is 2. The summed E-state index contributed by atoms with van der Waals surface area (Å²) in [6.07, 6.45) is 7.88. The van der Waals surface area contributed by atoms with E-state index in [0.29, 0.717) is 13.1 Å². The van der Waals surface area contributed by atoms with Crippen LogP contribution in [0.3, 0.4) is 0 Å². The summed E-state index contributed by atoms with van der Waals surface area (Å²) in [5.74, 6) is 0.0476. The van der Waals surface area contributed by atoms with E-state index in [1.807, 2.05) is 18.3 Å². The Labute approximate surface area is 150 Å². The number of urea groups is 1. The Morgan fingerprint density at radius 1 is 1.31 bits per heavy atom. The molecule has 0 saturated carbocycles. The van der Waals surface area contributed by atoms with Crippen LogP contribution in [-0.2, 0) is 7.05 Å². The molecule has 1 aliphatic heterocycles. The van der Waals surface area contributed by atoms with Crippen molar-refractivity contribution < 1.29 is 4.79 Å². The van der Waals surface area contributed by atoms with E-state index in [-0.39, 0.29) is 17.4 Å². The van der Waals surface area contributed by atoms with Crippen LogP contribution >= 0.6 is 0 Å². The van der Waals surface area contributed by atoms with E-state index in [4.69, 9.17) is 0 Å². The summed E-state index contributed by atoms with van der Waals surface area (Å²) >= 11 is 0. The van der Waals surface area contributed by atoms with Crippen molar-refractivity contribution in [3.63, 3.8) is 0 Å². The van der Waals surface area contributed by atoms with Crippen LogP contribution in [-0.4, -0.2) is 38.6 Å². The monoisotopic (exact) mass is 349 g/mol. The average molecular weight is 349 g/mol. The van der Waals surface area contributed by atoms with Crippen LogP contribution in [0.15, 0.2) is 53.7 Å². The summed E-state index contributed by atoms with van der Waals surface area (Å²) in [5, 5.41) is 3.80. The molecule has 2 aromatic heterocycles. The summed E-state index contributed by atoms with van der Waals surface area (Å²) in [4.78, 5) is 33.3. The second-order valence-electron chi connectivity index (χ2n) is 6.30. The highest BCUT2D eigenvalue weighted by atomic mass is 16.2. The highest BCUT2D eigenvalue weighted by Crippen LogP contribution is 2.29. The van der Waals surface area contributed by atoms with Gasteiger partial charge in [0.1, 0.15) is 0 Å². The van der Waals surface area contributed by atoms with E-state index in [2.05, 4.69) is 33.5 Å². The number of aryl methyl sites for hydroxylation is 1. The zero-order valence-corrected chi connectivity index (χ0v) is 14.4. The second-order valence-corrected chi connectivity index (χ2v) is 6.30. The van der Waals surface area contributed by atoms with Crippen molar-refractivity contribution in [2.45, 2.75) is 6.42 Å². The number of amides is 2. The highest BCUT2D eigenvalue weighted by Gasteiger charge is 2.20. The predicted octanol–water partition coefficient (Wildman–Crippen LogP) is 2.58. The third-order valence-corrected chi connectivity index (χ3v) is 4.67. The standard InChI is InChI=1S/C19H19N5O2/c1-23-11-8-20-17(18(23)25)22-19(26)24-9-6-13(7-10-24)15-12-21-16-5-3-2-4-14(15)16/h2-6,8,11-12,21H,7,9-10H2,1H3,(H,20,22,26). The van der Waals surface area contributed by atoms with Gasteiger partial charge in [0.25, 0.3) is 5.56 Å². The fraction of sp³-hybridized carbons (Fsp3) is 0.211. The van der Waals surface area contributed by atoms with Gasteiger partial charge in [0.2, 0.25) is 5.82 Å². The van der Waals surface area contributed by atoms with Crippen LogP contribution in [0.25, 0.3) is 16.5 Å². The SMILES string of the molecule is Cn1ccnc(NC(=O)N2CC=C(c3c[nH]c4ccccc34)CC2)c1=O. The minimum absolute atomic E-state index is 0.0476. The molecule has 0 bridgehead atoms. The van der Waals surface area contributed by atoms with Crippen molar-refractivity contribution in [2.24, 2.45) is 7.05 Å². The minimum atomic E-state index is -0.326. The van der Waals surface area contributed by atoms with Crippen molar-refractivity contribution >= 4 is 28.3 Å². The summed E-state index contributed by atoms with van der Waals surface area (Å²) in [5.41, 5.74) is 3.18. The van der Waals surface area contributed by atoms with Gasteiger partial charge in [-0.25, -0.2) is 9.78 Å². The summed E-state index contributed by atoms with van der Waals surface area (Å²) in [6, 6.07) is 7.87. The van der Waals surface area contributed by atoms with E-state index in [0.717, 1.165) is 11.9 Å². The molecule has 0 radical (unpaired) electrons.